The second-order valence-electron chi connectivity index (χ2n) is 8.02. The second-order valence-corrected chi connectivity index (χ2v) is 8.46. The first-order valence-electron chi connectivity index (χ1n) is 10.0. The highest BCUT2D eigenvalue weighted by molar-refractivity contribution is 6.46. The second kappa shape index (κ2) is 8.21. The standard InChI is InChI=1S/C24H24ClN3O3/c1-26(2)11-12-28-21(18-14-27(3)19-10-5-4-9-17(18)19)20(23(30)24(28)31)22(29)15-7-6-8-16(25)13-15/h4-10,13-14,21,29H,11-12H2,1-3H3/b22-20+. The lowest BCUT2D eigenvalue weighted by atomic mass is 9.95. The number of aliphatic hydroxyl groups excluding tert-OH is 1. The molecule has 1 saturated heterocycles. The van der Waals surface area contributed by atoms with Gasteiger partial charge in [-0.3, -0.25) is 9.59 Å². The zero-order valence-corrected chi connectivity index (χ0v) is 18.4. The van der Waals surface area contributed by atoms with Gasteiger partial charge in [0.1, 0.15) is 5.76 Å². The van der Waals surface area contributed by atoms with Gasteiger partial charge in [-0.2, -0.15) is 0 Å². The van der Waals surface area contributed by atoms with Gasteiger partial charge >= 0.3 is 0 Å². The average molecular weight is 438 g/mol. The average Bonchev–Trinajstić information content (AvgIpc) is 3.20. The highest BCUT2D eigenvalue weighted by atomic mass is 35.5. The molecule has 2 aromatic carbocycles. The van der Waals surface area contributed by atoms with Gasteiger partial charge in [-0.1, -0.05) is 41.9 Å². The summed E-state index contributed by atoms with van der Waals surface area (Å²) in [5.41, 5.74) is 2.28. The third-order valence-electron chi connectivity index (χ3n) is 5.65. The Morgan fingerprint density at radius 3 is 2.58 bits per heavy atom. The number of likely N-dealkylation sites (N-methyl/N-ethyl adjacent to an activating group) is 1. The van der Waals surface area contributed by atoms with Crippen LogP contribution in [0.5, 0.6) is 0 Å². The summed E-state index contributed by atoms with van der Waals surface area (Å²) < 4.78 is 1.97. The van der Waals surface area contributed by atoms with Gasteiger partial charge in [0.2, 0.25) is 0 Å². The van der Waals surface area contributed by atoms with E-state index in [0.29, 0.717) is 23.7 Å². The number of halogens is 1. The van der Waals surface area contributed by atoms with E-state index in [9.17, 15) is 14.7 Å². The van der Waals surface area contributed by atoms with Crippen molar-refractivity contribution in [1.29, 1.82) is 0 Å². The fourth-order valence-corrected chi connectivity index (χ4v) is 4.31. The number of aromatic nitrogens is 1. The predicted molar refractivity (Wildman–Crippen MR) is 122 cm³/mol. The van der Waals surface area contributed by atoms with Gasteiger partial charge in [0, 0.05) is 53.4 Å². The smallest absolute Gasteiger partial charge is 0.295 e. The summed E-state index contributed by atoms with van der Waals surface area (Å²) in [7, 11) is 5.75. The molecule has 1 aromatic heterocycles. The number of para-hydroxylation sites is 1. The number of benzene rings is 2. The molecule has 1 atom stereocenters. The number of hydrogen-bond donors (Lipinski definition) is 1. The number of carbonyl (C=O) groups excluding carboxylic acids is 2. The van der Waals surface area contributed by atoms with Crippen molar-refractivity contribution in [2.45, 2.75) is 6.04 Å². The van der Waals surface area contributed by atoms with Crippen molar-refractivity contribution in [3.63, 3.8) is 0 Å². The molecule has 0 aliphatic carbocycles. The zero-order chi connectivity index (χ0) is 22.3. The lowest BCUT2D eigenvalue weighted by molar-refractivity contribution is -0.140. The van der Waals surface area contributed by atoms with E-state index in [1.54, 1.807) is 29.2 Å². The Labute approximate surface area is 185 Å². The number of carbonyl (C=O) groups is 2. The number of nitrogens with zero attached hydrogens (tertiary/aromatic N) is 3. The van der Waals surface area contributed by atoms with Gasteiger partial charge in [0.25, 0.3) is 11.7 Å². The Bertz CT molecular complexity index is 1210. The number of aliphatic hydroxyl groups is 1. The van der Waals surface area contributed by atoms with Crippen molar-refractivity contribution in [2.75, 3.05) is 27.2 Å². The van der Waals surface area contributed by atoms with Crippen LogP contribution in [0.4, 0.5) is 0 Å². The predicted octanol–water partition coefficient (Wildman–Crippen LogP) is 3.82. The van der Waals surface area contributed by atoms with E-state index in [4.69, 9.17) is 11.6 Å². The van der Waals surface area contributed by atoms with E-state index >= 15 is 0 Å². The van der Waals surface area contributed by atoms with E-state index < -0.39 is 17.7 Å². The van der Waals surface area contributed by atoms with E-state index in [1.807, 2.05) is 61.1 Å². The van der Waals surface area contributed by atoms with Gasteiger partial charge in [-0.15, -0.1) is 0 Å². The number of fused-ring (bicyclic) bond motifs is 1. The van der Waals surface area contributed by atoms with Crippen LogP contribution in [0.25, 0.3) is 16.7 Å². The number of likely N-dealkylation sites (tertiary alicyclic amines) is 1. The molecule has 1 N–H and O–H groups in total. The minimum Gasteiger partial charge on any atom is -0.507 e. The van der Waals surface area contributed by atoms with Crippen LogP contribution in [0.3, 0.4) is 0 Å². The van der Waals surface area contributed by atoms with Crippen molar-refractivity contribution in [1.82, 2.24) is 14.4 Å². The molecule has 7 heteroatoms. The molecular formula is C24H24ClN3O3. The highest BCUT2D eigenvalue weighted by Gasteiger charge is 2.46. The van der Waals surface area contributed by atoms with E-state index in [2.05, 4.69) is 0 Å². The Kier molecular flexibility index (Phi) is 5.60. The maximum Gasteiger partial charge on any atom is 0.295 e. The van der Waals surface area contributed by atoms with Crippen LogP contribution < -0.4 is 0 Å². The van der Waals surface area contributed by atoms with Gasteiger partial charge in [0.05, 0.1) is 11.6 Å². The monoisotopic (exact) mass is 437 g/mol. The normalized spacial score (nSPS) is 18.5. The molecule has 0 bridgehead atoms. The highest BCUT2D eigenvalue weighted by Crippen LogP contribution is 2.42. The maximum absolute atomic E-state index is 13.1. The van der Waals surface area contributed by atoms with E-state index in [0.717, 1.165) is 16.5 Å². The van der Waals surface area contributed by atoms with Crippen LogP contribution in [-0.2, 0) is 16.6 Å². The van der Waals surface area contributed by atoms with Gasteiger partial charge < -0.3 is 19.5 Å². The van der Waals surface area contributed by atoms with Gasteiger partial charge in [0.15, 0.2) is 0 Å². The van der Waals surface area contributed by atoms with Crippen LogP contribution in [0, 0.1) is 0 Å². The number of ketones is 1. The molecule has 1 aliphatic heterocycles. The molecule has 31 heavy (non-hydrogen) atoms. The summed E-state index contributed by atoms with van der Waals surface area (Å²) in [5.74, 6) is -1.51. The first-order chi connectivity index (χ1) is 14.8. The van der Waals surface area contributed by atoms with Crippen LogP contribution in [0.2, 0.25) is 5.02 Å². The molecule has 1 amide bonds. The molecule has 4 rings (SSSR count). The molecule has 2 heterocycles. The van der Waals surface area contributed by atoms with Gasteiger partial charge in [-0.05, 0) is 32.3 Å². The molecule has 6 nitrogen and oxygen atoms in total. The molecular weight excluding hydrogens is 414 g/mol. The van der Waals surface area contributed by atoms with Crippen molar-refractivity contribution < 1.29 is 14.7 Å². The molecule has 1 unspecified atom stereocenters. The molecule has 0 spiro atoms. The topological polar surface area (TPSA) is 65.8 Å². The van der Waals surface area contributed by atoms with Crippen molar-refractivity contribution >= 4 is 40.0 Å². The van der Waals surface area contributed by atoms with Crippen molar-refractivity contribution in [3.05, 3.63) is 76.5 Å². The number of amides is 1. The Morgan fingerprint density at radius 1 is 1.13 bits per heavy atom. The lowest BCUT2D eigenvalue weighted by Gasteiger charge is -2.26. The fourth-order valence-electron chi connectivity index (χ4n) is 4.12. The van der Waals surface area contributed by atoms with Crippen molar-refractivity contribution in [2.24, 2.45) is 7.05 Å². The first-order valence-corrected chi connectivity index (χ1v) is 10.4. The number of Topliss-reactive ketones (excluding diaryl/α,β-unsaturated/α-hetero) is 1. The molecule has 0 saturated carbocycles. The molecule has 3 aromatic rings. The summed E-state index contributed by atoms with van der Waals surface area (Å²) in [6.07, 6.45) is 1.93. The van der Waals surface area contributed by atoms with Crippen molar-refractivity contribution in [3.8, 4) is 0 Å². The minimum atomic E-state index is -0.690. The lowest BCUT2D eigenvalue weighted by Crippen LogP contribution is -2.35. The SMILES string of the molecule is CN(C)CCN1C(=O)C(=O)/C(=C(/O)c2cccc(Cl)c2)C1c1cn(C)c2ccccc12. The van der Waals surface area contributed by atoms with Gasteiger partial charge in [-0.25, -0.2) is 0 Å². The third kappa shape index (κ3) is 3.73. The summed E-state index contributed by atoms with van der Waals surface area (Å²) >= 11 is 6.10. The number of rotatable bonds is 5. The minimum absolute atomic E-state index is 0.0855. The van der Waals surface area contributed by atoms with Crippen LogP contribution in [0.1, 0.15) is 17.2 Å². The number of aryl methyl sites for hydroxylation is 1. The molecule has 160 valence electrons. The molecule has 1 fully saturated rings. The van der Waals surface area contributed by atoms with Crippen LogP contribution in [-0.4, -0.2) is 58.3 Å². The summed E-state index contributed by atoms with van der Waals surface area (Å²) in [6, 6.07) is 13.8. The third-order valence-corrected chi connectivity index (χ3v) is 5.88. The van der Waals surface area contributed by atoms with Crippen LogP contribution in [0.15, 0.2) is 60.3 Å². The Morgan fingerprint density at radius 2 is 1.87 bits per heavy atom. The summed E-state index contributed by atoms with van der Waals surface area (Å²) in [6.45, 7) is 0.948. The largest absolute Gasteiger partial charge is 0.507 e. The summed E-state index contributed by atoms with van der Waals surface area (Å²) in [4.78, 5) is 29.7. The molecule has 0 radical (unpaired) electrons. The first kappa shape index (κ1) is 21.2. The van der Waals surface area contributed by atoms with Crippen LogP contribution >= 0.6 is 11.6 Å². The van der Waals surface area contributed by atoms with E-state index in [-0.39, 0.29) is 11.3 Å². The van der Waals surface area contributed by atoms with E-state index in [1.165, 1.54) is 0 Å². The quantitative estimate of drug-likeness (QED) is 0.374. The Hall–Kier alpha value is -3.09. The molecule has 1 aliphatic rings. The maximum atomic E-state index is 13.1. The fraction of sp³-hybridized carbons (Fsp3) is 0.250. The zero-order valence-electron chi connectivity index (χ0n) is 17.7. The number of hydrogen-bond acceptors (Lipinski definition) is 4. The summed E-state index contributed by atoms with van der Waals surface area (Å²) in [5, 5.41) is 12.5. The Balaban J connectivity index is 1.95.